The fourth-order valence-electron chi connectivity index (χ4n) is 2.74. The first-order valence-corrected chi connectivity index (χ1v) is 10.6. The van der Waals surface area contributed by atoms with Crippen LogP contribution >= 0.6 is 23.1 Å². The van der Waals surface area contributed by atoms with Crippen molar-refractivity contribution >= 4 is 28.9 Å². The zero-order valence-electron chi connectivity index (χ0n) is 15.4. The summed E-state index contributed by atoms with van der Waals surface area (Å²) in [5, 5.41) is 11.2. The highest BCUT2D eigenvalue weighted by molar-refractivity contribution is 7.99. The lowest BCUT2D eigenvalue weighted by Gasteiger charge is -2.10. The number of hydrogen-bond donors (Lipinski definition) is 0. The fraction of sp³-hybridized carbons (Fsp3) is 0.0952. The van der Waals surface area contributed by atoms with Crippen LogP contribution in [0.15, 0.2) is 71.2 Å². The Hall–Kier alpha value is -2.97. The first-order valence-electron chi connectivity index (χ1n) is 8.71. The second-order valence-electron chi connectivity index (χ2n) is 6.04. The van der Waals surface area contributed by atoms with Gasteiger partial charge in [0.1, 0.15) is 11.6 Å². The molecule has 5 nitrogen and oxygen atoms in total. The largest absolute Gasteiger partial charge is 0.497 e. The molecule has 4 rings (SSSR count). The number of Topliss-reactive ketones (excluding diaryl/α,β-unsaturated/α-hetero) is 1. The molecule has 0 bridgehead atoms. The molecule has 146 valence electrons. The SMILES string of the molecule is COc1ccc(-n2c(SCC(=O)c3ccc(F)cc3)nnc2-c2cccs2)cc1. The Bertz CT molecular complexity index is 1110. The monoisotopic (exact) mass is 425 g/mol. The van der Waals surface area contributed by atoms with Crippen LogP contribution in [0.2, 0.25) is 0 Å². The van der Waals surface area contributed by atoms with E-state index in [-0.39, 0.29) is 17.4 Å². The number of carbonyl (C=O) groups is 1. The maximum Gasteiger partial charge on any atom is 0.196 e. The molecule has 8 heteroatoms. The molecule has 2 aromatic carbocycles. The van der Waals surface area contributed by atoms with E-state index < -0.39 is 0 Å². The van der Waals surface area contributed by atoms with Gasteiger partial charge in [-0.1, -0.05) is 17.8 Å². The number of ketones is 1. The summed E-state index contributed by atoms with van der Waals surface area (Å²) in [7, 11) is 1.62. The minimum atomic E-state index is -0.367. The number of thiophene rings is 1. The molecule has 0 aliphatic carbocycles. The molecule has 29 heavy (non-hydrogen) atoms. The number of carbonyl (C=O) groups excluding carboxylic acids is 1. The first kappa shape index (κ1) is 19.4. The zero-order valence-corrected chi connectivity index (χ0v) is 17.0. The van der Waals surface area contributed by atoms with Crippen molar-refractivity contribution in [2.75, 3.05) is 12.9 Å². The maximum atomic E-state index is 13.1. The summed E-state index contributed by atoms with van der Waals surface area (Å²) in [5.74, 6) is 1.16. The van der Waals surface area contributed by atoms with Crippen molar-refractivity contribution in [2.24, 2.45) is 0 Å². The highest BCUT2D eigenvalue weighted by Crippen LogP contribution is 2.31. The van der Waals surface area contributed by atoms with Crippen LogP contribution in [0.25, 0.3) is 16.4 Å². The Labute approximate surface area is 175 Å². The van der Waals surface area contributed by atoms with E-state index in [2.05, 4.69) is 10.2 Å². The quantitative estimate of drug-likeness (QED) is 0.304. The highest BCUT2D eigenvalue weighted by atomic mass is 32.2. The molecule has 0 spiro atoms. The fourth-order valence-corrected chi connectivity index (χ4v) is 4.29. The van der Waals surface area contributed by atoms with Gasteiger partial charge in [-0.05, 0) is 60.0 Å². The number of aromatic nitrogens is 3. The van der Waals surface area contributed by atoms with Crippen molar-refractivity contribution in [3.8, 4) is 22.1 Å². The van der Waals surface area contributed by atoms with E-state index in [1.54, 1.807) is 18.4 Å². The van der Waals surface area contributed by atoms with Crippen LogP contribution in [-0.4, -0.2) is 33.4 Å². The lowest BCUT2D eigenvalue weighted by molar-refractivity contribution is 0.102. The van der Waals surface area contributed by atoms with E-state index in [9.17, 15) is 9.18 Å². The number of ether oxygens (including phenoxy) is 1. The van der Waals surface area contributed by atoms with Gasteiger partial charge in [0.05, 0.1) is 23.4 Å². The average Bonchev–Trinajstić information content (AvgIpc) is 3.42. The summed E-state index contributed by atoms with van der Waals surface area (Å²) >= 11 is 2.87. The maximum absolute atomic E-state index is 13.1. The third-order valence-electron chi connectivity index (χ3n) is 4.20. The Morgan fingerprint density at radius 3 is 2.52 bits per heavy atom. The summed E-state index contributed by atoms with van der Waals surface area (Å²) in [6, 6.07) is 17.1. The summed E-state index contributed by atoms with van der Waals surface area (Å²) < 4.78 is 20.3. The predicted molar refractivity (Wildman–Crippen MR) is 113 cm³/mol. The van der Waals surface area contributed by atoms with Gasteiger partial charge in [-0.3, -0.25) is 9.36 Å². The number of rotatable bonds is 7. The number of halogens is 1. The summed E-state index contributed by atoms with van der Waals surface area (Å²) in [5.41, 5.74) is 1.34. The van der Waals surface area contributed by atoms with Crippen LogP contribution < -0.4 is 4.74 Å². The third kappa shape index (κ3) is 4.23. The van der Waals surface area contributed by atoms with Crippen LogP contribution in [-0.2, 0) is 0 Å². The van der Waals surface area contributed by atoms with Gasteiger partial charge in [0.15, 0.2) is 16.8 Å². The van der Waals surface area contributed by atoms with Gasteiger partial charge < -0.3 is 4.74 Å². The number of thioether (sulfide) groups is 1. The number of nitrogens with zero attached hydrogens (tertiary/aromatic N) is 3. The minimum absolute atomic E-state index is 0.100. The molecule has 2 heterocycles. The Kier molecular flexibility index (Phi) is 5.73. The molecule has 0 atom stereocenters. The van der Waals surface area contributed by atoms with E-state index in [0.717, 1.165) is 16.3 Å². The van der Waals surface area contributed by atoms with Gasteiger partial charge in [-0.25, -0.2) is 4.39 Å². The second-order valence-corrected chi connectivity index (χ2v) is 7.93. The smallest absolute Gasteiger partial charge is 0.196 e. The number of hydrogen-bond acceptors (Lipinski definition) is 6. The molecule has 0 N–H and O–H groups in total. The van der Waals surface area contributed by atoms with Crippen LogP contribution in [0, 0.1) is 5.82 Å². The lowest BCUT2D eigenvalue weighted by Crippen LogP contribution is -2.05. The van der Waals surface area contributed by atoms with E-state index in [1.165, 1.54) is 36.0 Å². The Morgan fingerprint density at radius 2 is 1.86 bits per heavy atom. The molecular formula is C21H16FN3O2S2. The van der Waals surface area contributed by atoms with Gasteiger partial charge in [0.25, 0.3) is 0 Å². The van der Waals surface area contributed by atoms with Crippen molar-refractivity contribution in [3.05, 3.63) is 77.4 Å². The summed E-state index contributed by atoms with van der Waals surface area (Å²) in [6.07, 6.45) is 0. The van der Waals surface area contributed by atoms with Gasteiger partial charge in [-0.2, -0.15) is 0 Å². The second kappa shape index (κ2) is 8.59. The molecule has 0 fully saturated rings. The minimum Gasteiger partial charge on any atom is -0.497 e. The normalized spacial score (nSPS) is 10.8. The van der Waals surface area contributed by atoms with Gasteiger partial charge in [-0.15, -0.1) is 21.5 Å². The molecule has 0 aliphatic rings. The molecular weight excluding hydrogens is 409 g/mol. The molecule has 0 saturated carbocycles. The van der Waals surface area contributed by atoms with Crippen LogP contribution in [0.1, 0.15) is 10.4 Å². The van der Waals surface area contributed by atoms with Crippen molar-refractivity contribution in [1.82, 2.24) is 14.8 Å². The third-order valence-corrected chi connectivity index (χ3v) is 6.00. The van der Waals surface area contributed by atoms with Crippen LogP contribution in [0.4, 0.5) is 4.39 Å². The van der Waals surface area contributed by atoms with Crippen molar-refractivity contribution < 1.29 is 13.9 Å². The number of methoxy groups -OCH3 is 1. The van der Waals surface area contributed by atoms with Crippen LogP contribution in [0.5, 0.6) is 5.75 Å². The lowest BCUT2D eigenvalue weighted by atomic mass is 10.1. The molecule has 4 aromatic rings. The molecule has 0 aliphatic heterocycles. The molecule has 0 radical (unpaired) electrons. The first-order chi connectivity index (χ1) is 14.2. The van der Waals surface area contributed by atoms with E-state index in [1.807, 2.05) is 46.3 Å². The topological polar surface area (TPSA) is 57.0 Å². The van der Waals surface area contributed by atoms with E-state index in [4.69, 9.17) is 4.74 Å². The van der Waals surface area contributed by atoms with Gasteiger partial charge in [0, 0.05) is 5.56 Å². The standard InChI is InChI=1S/C21H16FN3O2S2/c1-27-17-10-8-16(9-11-17)25-20(19-3-2-12-28-19)23-24-21(25)29-13-18(26)14-4-6-15(22)7-5-14/h2-12H,13H2,1H3. The van der Waals surface area contributed by atoms with Crippen molar-refractivity contribution in [3.63, 3.8) is 0 Å². The predicted octanol–water partition coefficient (Wildman–Crippen LogP) is 5.12. The highest BCUT2D eigenvalue weighted by Gasteiger charge is 2.18. The Balaban J connectivity index is 1.64. The van der Waals surface area contributed by atoms with Crippen LogP contribution in [0.3, 0.4) is 0 Å². The van der Waals surface area contributed by atoms with E-state index >= 15 is 0 Å². The molecule has 0 amide bonds. The summed E-state index contributed by atoms with van der Waals surface area (Å²) in [4.78, 5) is 13.5. The van der Waals surface area contributed by atoms with Crippen molar-refractivity contribution in [2.45, 2.75) is 5.16 Å². The van der Waals surface area contributed by atoms with Gasteiger partial charge in [0.2, 0.25) is 0 Å². The van der Waals surface area contributed by atoms with E-state index in [0.29, 0.717) is 16.5 Å². The molecule has 0 saturated heterocycles. The van der Waals surface area contributed by atoms with Gasteiger partial charge >= 0.3 is 0 Å². The van der Waals surface area contributed by atoms with Crippen molar-refractivity contribution in [1.29, 1.82) is 0 Å². The summed E-state index contributed by atoms with van der Waals surface area (Å²) in [6.45, 7) is 0. The Morgan fingerprint density at radius 1 is 1.10 bits per heavy atom. The average molecular weight is 426 g/mol. The molecule has 2 aromatic heterocycles. The number of benzene rings is 2. The molecule has 0 unspecified atom stereocenters. The zero-order chi connectivity index (χ0) is 20.2.